The van der Waals surface area contributed by atoms with Crippen LogP contribution in [0.3, 0.4) is 0 Å². The van der Waals surface area contributed by atoms with Crippen molar-refractivity contribution in [2.45, 2.75) is 57.5 Å². The van der Waals surface area contributed by atoms with Crippen molar-refractivity contribution in [2.24, 2.45) is 5.92 Å². The van der Waals surface area contributed by atoms with Crippen LogP contribution in [0.25, 0.3) is 0 Å². The molecular weight excluding hydrogens is 304 g/mol. The fourth-order valence-electron chi connectivity index (χ4n) is 4.25. The fourth-order valence-corrected chi connectivity index (χ4v) is 4.25. The van der Waals surface area contributed by atoms with Crippen molar-refractivity contribution in [3.8, 4) is 0 Å². The summed E-state index contributed by atoms with van der Waals surface area (Å²) >= 11 is 0. The first-order valence-corrected chi connectivity index (χ1v) is 9.29. The second-order valence-electron chi connectivity index (χ2n) is 7.58. The number of aryl methyl sites for hydroxylation is 2. The molecule has 4 rings (SSSR count). The lowest BCUT2D eigenvalue weighted by Gasteiger charge is -2.41. The number of likely N-dealkylation sites (tertiary alicyclic amines) is 1. The highest BCUT2D eigenvalue weighted by atomic mass is 16.1. The quantitative estimate of drug-likeness (QED) is 0.883. The van der Waals surface area contributed by atoms with Gasteiger partial charge in [0.25, 0.3) is 5.56 Å². The molecule has 2 fully saturated rings. The molecule has 0 bridgehead atoms. The Kier molecular flexibility index (Phi) is 4.39. The van der Waals surface area contributed by atoms with Gasteiger partial charge >= 0.3 is 0 Å². The molecule has 3 heterocycles. The van der Waals surface area contributed by atoms with E-state index in [-0.39, 0.29) is 11.5 Å². The Bertz CT molecular complexity index is 678. The minimum atomic E-state index is 0.0464. The average Bonchev–Trinajstić information content (AvgIpc) is 2.85. The Labute approximate surface area is 142 Å². The molecule has 3 aliphatic rings. The summed E-state index contributed by atoms with van der Waals surface area (Å²) in [5.74, 6) is 0.694. The number of hydrogen-bond donors (Lipinski definition) is 1. The molecule has 0 saturated carbocycles. The number of hydrogen-bond acceptors (Lipinski definition) is 4. The summed E-state index contributed by atoms with van der Waals surface area (Å²) in [4.78, 5) is 26.2. The molecule has 0 spiro atoms. The van der Waals surface area contributed by atoms with E-state index in [0.717, 1.165) is 76.0 Å². The first-order valence-electron chi connectivity index (χ1n) is 9.29. The second kappa shape index (κ2) is 6.67. The zero-order valence-electron chi connectivity index (χ0n) is 14.2. The van der Waals surface area contributed by atoms with Crippen LogP contribution in [-0.4, -0.2) is 46.3 Å². The molecule has 0 aromatic carbocycles. The van der Waals surface area contributed by atoms with Gasteiger partial charge in [-0.05, 0) is 37.7 Å². The van der Waals surface area contributed by atoms with Gasteiger partial charge < -0.3 is 10.2 Å². The fraction of sp³-hybridized carbons (Fsp3) is 0.722. The molecule has 0 radical (unpaired) electrons. The SMILES string of the molecule is O=C1CCCCC(CN2CC(Cn3nc4c(cc3=O)CCC4)C2)N1. The largest absolute Gasteiger partial charge is 0.352 e. The lowest BCUT2D eigenvalue weighted by molar-refractivity contribution is -0.121. The highest BCUT2D eigenvalue weighted by Gasteiger charge is 2.30. The molecule has 1 aliphatic carbocycles. The zero-order valence-corrected chi connectivity index (χ0v) is 14.2. The monoisotopic (exact) mass is 330 g/mol. The third kappa shape index (κ3) is 3.38. The number of nitrogens with one attached hydrogen (secondary N) is 1. The van der Waals surface area contributed by atoms with E-state index in [1.165, 1.54) is 0 Å². The van der Waals surface area contributed by atoms with E-state index in [1.807, 2.05) is 0 Å². The second-order valence-corrected chi connectivity index (χ2v) is 7.58. The van der Waals surface area contributed by atoms with E-state index in [2.05, 4.69) is 15.3 Å². The first kappa shape index (κ1) is 15.8. The number of rotatable bonds is 4. The van der Waals surface area contributed by atoms with Gasteiger partial charge in [0.15, 0.2) is 0 Å². The summed E-state index contributed by atoms with van der Waals surface area (Å²) in [7, 11) is 0. The topological polar surface area (TPSA) is 67.2 Å². The van der Waals surface area contributed by atoms with Crippen molar-refractivity contribution < 1.29 is 4.79 Å². The normalized spacial score (nSPS) is 25.0. The van der Waals surface area contributed by atoms with Crippen LogP contribution in [0.4, 0.5) is 0 Å². The van der Waals surface area contributed by atoms with E-state index in [1.54, 1.807) is 10.7 Å². The number of fused-ring (bicyclic) bond motifs is 1. The number of carbonyl (C=O) groups excluding carboxylic acids is 1. The first-order chi connectivity index (χ1) is 11.7. The summed E-state index contributed by atoms with van der Waals surface area (Å²) in [5, 5.41) is 7.70. The third-order valence-corrected chi connectivity index (χ3v) is 5.54. The molecule has 1 N–H and O–H groups in total. The van der Waals surface area contributed by atoms with Crippen molar-refractivity contribution in [1.29, 1.82) is 0 Å². The van der Waals surface area contributed by atoms with Crippen molar-refractivity contribution in [1.82, 2.24) is 20.0 Å². The van der Waals surface area contributed by atoms with Crippen molar-refractivity contribution in [3.63, 3.8) is 0 Å². The smallest absolute Gasteiger partial charge is 0.267 e. The summed E-state index contributed by atoms with van der Waals surface area (Å²) in [5.41, 5.74) is 2.31. The molecule has 1 aromatic rings. The van der Waals surface area contributed by atoms with Gasteiger partial charge in [0.05, 0.1) is 12.2 Å². The van der Waals surface area contributed by atoms with E-state index < -0.39 is 0 Å². The Morgan fingerprint density at radius 2 is 1.96 bits per heavy atom. The molecule has 24 heavy (non-hydrogen) atoms. The van der Waals surface area contributed by atoms with E-state index in [9.17, 15) is 9.59 Å². The van der Waals surface area contributed by atoms with Gasteiger partial charge in [0, 0.05) is 44.1 Å². The van der Waals surface area contributed by atoms with Crippen molar-refractivity contribution in [2.75, 3.05) is 19.6 Å². The Hall–Kier alpha value is -1.69. The molecule has 6 nitrogen and oxygen atoms in total. The number of amides is 1. The predicted molar refractivity (Wildman–Crippen MR) is 90.9 cm³/mol. The van der Waals surface area contributed by atoms with Crippen LogP contribution in [0.15, 0.2) is 10.9 Å². The summed E-state index contributed by atoms with van der Waals surface area (Å²) in [6.07, 6.45) is 7.03. The minimum Gasteiger partial charge on any atom is -0.352 e. The Morgan fingerprint density at radius 1 is 1.08 bits per heavy atom. The maximum atomic E-state index is 12.2. The molecule has 1 unspecified atom stereocenters. The number of carbonyl (C=O) groups is 1. The minimum absolute atomic E-state index is 0.0464. The van der Waals surface area contributed by atoms with Gasteiger partial charge in [-0.2, -0.15) is 5.10 Å². The lowest BCUT2D eigenvalue weighted by Crippen LogP contribution is -2.54. The third-order valence-electron chi connectivity index (χ3n) is 5.54. The van der Waals surface area contributed by atoms with Crippen LogP contribution < -0.4 is 10.9 Å². The zero-order chi connectivity index (χ0) is 16.5. The predicted octanol–water partition coefficient (Wildman–Crippen LogP) is 0.723. The average molecular weight is 330 g/mol. The van der Waals surface area contributed by atoms with E-state index >= 15 is 0 Å². The highest BCUT2D eigenvalue weighted by Crippen LogP contribution is 2.21. The maximum Gasteiger partial charge on any atom is 0.267 e. The van der Waals surface area contributed by atoms with Crippen LogP contribution in [0.5, 0.6) is 0 Å². The Balaban J connectivity index is 1.29. The van der Waals surface area contributed by atoms with Crippen LogP contribution in [0, 0.1) is 5.92 Å². The van der Waals surface area contributed by atoms with Crippen LogP contribution in [0.2, 0.25) is 0 Å². The van der Waals surface area contributed by atoms with Crippen molar-refractivity contribution in [3.05, 3.63) is 27.7 Å². The molecular formula is C18H26N4O2. The van der Waals surface area contributed by atoms with Crippen LogP contribution >= 0.6 is 0 Å². The van der Waals surface area contributed by atoms with Gasteiger partial charge in [-0.15, -0.1) is 0 Å². The summed E-state index contributed by atoms with van der Waals surface area (Å²) < 4.78 is 1.67. The van der Waals surface area contributed by atoms with E-state index in [4.69, 9.17) is 0 Å². The molecule has 2 aliphatic heterocycles. The number of aromatic nitrogens is 2. The molecule has 130 valence electrons. The van der Waals surface area contributed by atoms with Gasteiger partial charge in [0.2, 0.25) is 5.91 Å². The standard InChI is InChI=1S/C18H26N4O2/c23-17-7-2-1-5-15(19-17)12-21-9-13(10-21)11-22-18(24)8-14-4-3-6-16(14)20-22/h8,13,15H,1-7,9-12H2,(H,19,23). The van der Waals surface area contributed by atoms with Crippen LogP contribution in [-0.2, 0) is 24.2 Å². The Morgan fingerprint density at radius 3 is 2.83 bits per heavy atom. The molecule has 1 amide bonds. The maximum absolute atomic E-state index is 12.2. The summed E-state index contributed by atoms with van der Waals surface area (Å²) in [6, 6.07) is 2.08. The molecule has 1 aromatic heterocycles. The summed E-state index contributed by atoms with van der Waals surface area (Å²) in [6.45, 7) is 3.66. The molecule has 6 heteroatoms. The van der Waals surface area contributed by atoms with Gasteiger partial charge in [-0.3, -0.25) is 9.59 Å². The van der Waals surface area contributed by atoms with Gasteiger partial charge in [0.1, 0.15) is 0 Å². The van der Waals surface area contributed by atoms with E-state index in [0.29, 0.717) is 18.4 Å². The lowest BCUT2D eigenvalue weighted by atomic mass is 9.98. The van der Waals surface area contributed by atoms with Crippen LogP contribution in [0.1, 0.15) is 43.4 Å². The highest BCUT2D eigenvalue weighted by molar-refractivity contribution is 5.76. The van der Waals surface area contributed by atoms with Crippen molar-refractivity contribution >= 4 is 5.91 Å². The number of nitrogens with zero attached hydrogens (tertiary/aromatic N) is 3. The van der Waals surface area contributed by atoms with Gasteiger partial charge in [-0.1, -0.05) is 6.42 Å². The van der Waals surface area contributed by atoms with Gasteiger partial charge in [-0.25, -0.2) is 4.68 Å². The molecule has 1 atom stereocenters. The molecule has 2 saturated heterocycles.